The Balaban J connectivity index is 1.58. The smallest absolute Gasteiger partial charge is 0.206 e. The summed E-state index contributed by atoms with van der Waals surface area (Å²) in [7, 11) is -0.631. The first kappa shape index (κ1) is 25.3. The van der Waals surface area contributed by atoms with Crippen molar-refractivity contribution in [1.29, 1.82) is 0 Å². The van der Waals surface area contributed by atoms with E-state index in [1.54, 1.807) is 61.9 Å². The van der Waals surface area contributed by atoms with Crippen molar-refractivity contribution in [3.05, 3.63) is 107 Å². The van der Waals surface area contributed by atoms with Gasteiger partial charge in [-0.25, -0.2) is 8.42 Å². The Morgan fingerprint density at radius 2 is 1.47 bits per heavy atom. The number of rotatable bonds is 9. The summed E-state index contributed by atoms with van der Waals surface area (Å²) in [5, 5.41) is 0.630. The number of ether oxygens (including phenoxy) is 3. The van der Waals surface area contributed by atoms with Crippen molar-refractivity contribution in [2.75, 3.05) is 14.2 Å². The fourth-order valence-electron chi connectivity index (χ4n) is 3.47. The first-order valence-electron chi connectivity index (χ1n) is 11.0. The van der Waals surface area contributed by atoms with Crippen LogP contribution in [-0.4, -0.2) is 28.9 Å². The third-order valence-corrected chi connectivity index (χ3v) is 7.53. The maximum Gasteiger partial charge on any atom is 0.206 e. The molecule has 0 unspecified atom stereocenters. The summed E-state index contributed by atoms with van der Waals surface area (Å²) in [6.07, 6.45) is 1.61. The number of aliphatic imine (C=N–C) groups is 1. The van der Waals surface area contributed by atoms with Gasteiger partial charge in [-0.2, -0.15) is 0 Å². The zero-order valence-corrected chi connectivity index (χ0v) is 21.3. The minimum atomic E-state index is -3.69. The Morgan fingerprint density at radius 1 is 0.778 bits per heavy atom. The van der Waals surface area contributed by atoms with Crippen LogP contribution in [0.4, 0.5) is 5.69 Å². The van der Waals surface area contributed by atoms with E-state index in [0.29, 0.717) is 34.6 Å². The van der Waals surface area contributed by atoms with Crippen molar-refractivity contribution in [2.24, 2.45) is 4.99 Å². The predicted octanol–water partition coefficient (Wildman–Crippen LogP) is 6.52. The molecule has 0 atom stereocenters. The van der Waals surface area contributed by atoms with Crippen molar-refractivity contribution in [3.63, 3.8) is 0 Å². The third-order valence-electron chi connectivity index (χ3n) is 5.40. The third kappa shape index (κ3) is 5.70. The second kappa shape index (κ2) is 11.3. The molecular formula is C28H24ClNO5S. The highest BCUT2D eigenvalue weighted by atomic mass is 35.5. The molecule has 0 saturated carbocycles. The van der Waals surface area contributed by atoms with Gasteiger partial charge >= 0.3 is 0 Å². The number of benzene rings is 4. The molecule has 0 aromatic heterocycles. The summed E-state index contributed by atoms with van der Waals surface area (Å²) in [4.78, 5) is 4.83. The summed E-state index contributed by atoms with van der Waals surface area (Å²) in [5.41, 5.74) is 1.98. The van der Waals surface area contributed by atoms with Crippen LogP contribution in [0.3, 0.4) is 0 Å². The zero-order chi connectivity index (χ0) is 25.5. The number of nitrogens with zero attached hydrogens (tertiary/aromatic N) is 1. The molecule has 4 rings (SSSR count). The highest BCUT2D eigenvalue weighted by molar-refractivity contribution is 7.91. The van der Waals surface area contributed by atoms with E-state index in [9.17, 15) is 8.42 Å². The molecule has 0 aliphatic carbocycles. The number of sulfone groups is 1. The van der Waals surface area contributed by atoms with Gasteiger partial charge in [-0.15, -0.1) is 0 Å². The van der Waals surface area contributed by atoms with Crippen LogP contribution >= 0.6 is 11.6 Å². The van der Waals surface area contributed by atoms with E-state index >= 15 is 0 Å². The Morgan fingerprint density at radius 3 is 2.19 bits per heavy atom. The van der Waals surface area contributed by atoms with Crippen molar-refractivity contribution in [2.45, 2.75) is 16.4 Å². The maximum atomic E-state index is 13.0. The zero-order valence-electron chi connectivity index (χ0n) is 19.7. The average Bonchev–Trinajstić information content (AvgIpc) is 2.92. The van der Waals surface area contributed by atoms with Crippen LogP contribution in [0.15, 0.2) is 106 Å². The predicted molar refractivity (Wildman–Crippen MR) is 141 cm³/mol. The van der Waals surface area contributed by atoms with Crippen molar-refractivity contribution < 1.29 is 22.6 Å². The molecule has 0 spiro atoms. The lowest BCUT2D eigenvalue weighted by atomic mass is 10.2. The van der Waals surface area contributed by atoms with E-state index in [0.717, 1.165) is 11.1 Å². The fourth-order valence-corrected chi connectivity index (χ4v) is 4.96. The lowest BCUT2D eigenvalue weighted by molar-refractivity contribution is 0.284. The highest BCUT2D eigenvalue weighted by Gasteiger charge is 2.19. The van der Waals surface area contributed by atoms with Crippen LogP contribution in [0.2, 0.25) is 5.02 Å². The Kier molecular flexibility index (Phi) is 7.93. The number of hydrogen-bond acceptors (Lipinski definition) is 6. The number of hydrogen-bond donors (Lipinski definition) is 0. The monoisotopic (exact) mass is 521 g/mol. The Bertz CT molecular complexity index is 1490. The van der Waals surface area contributed by atoms with Crippen molar-refractivity contribution in [3.8, 4) is 17.2 Å². The second-order valence-electron chi connectivity index (χ2n) is 7.70. The molecule has 0 amide bonds. The quantitative estimate of drug-likeness (QED) is 0.234. The van der Waals surface area contributed by atoms with Crippen LogP contribution in [0.5, 0.6) is 17.2 Å². The molecule has 4 aromatic rings. The van der Waals surface area contributed by atoms with Crippen molar-refractivity contribution >= 4 is 33.3 Å². The van der Waals surface area contributed by atoms with Gasteiger partial charge in [-0.05, 0) is 60.2 Å². The summed E-state index contributed by atoms with van der Waals surface area (Å²) in [6, 6.07) is 25.7. The van der Waals surface area contributed by atoms with Gasteiger partial charge < -0.3 is 14.2 Å². The minimum Gasteiger partial charge on any atom is -0.494 e. The normalized spacial score (nSPS) is 11.4. The van der Waals surface area contributed by atoms with Gasteiger partial charge in [0.05, 0.1) is 24.0 Å². The second-order valence-corrected chi connectivity index (χ2v) is 10.1. The topological polar surface area (TPSA) is 74.2 Å². The lowest BCUT2D eigenvalue weighted by Crippen LogP contribution is -2.02. The largest absolute Gasteiger partial charge is 0.494 e. The molecule has 4 aromatic carbocycles. The first-order chi connectivity index (χ1) is 17.4. The lowest BCUT2D eigenvalue weighted by Gasteiger charge is -2.12. The van der Waals surface area contributed by atoms with Gasteiger partial charge in [-0.3, -0.25) is 4.99 Å². The molecule has 0 N–H and O–H groups in total. The number of halogens is 1. The van der Waals surface area contributed by atoms with E-state index in [4.69, 9.17) is 25.8 Å². The van der Waals surface area contributed by atoms with Crippen LogP contribution < -0.4 is 14.2 Å². The van der Waals surface area contributed by atoms with Crippen LogP contribution in [0.1, 0.15) is 11.1 Å². The molecule has 6 nitrogen and oxygen atoms in total. The van der Waals surface area contributed by atoms with Crippen LogP contribution in [-0.2, 0) is 16.4 Å². The molecule has 0 aliphatic rings. The van der Waals surface area contributed by atoms with Gasteiger partial charge in [0.15, 0.2) is 11.5 Å². The van der Waals surface area contributed by atoms with Gasteiger partial charge in [0.25, 0.3) is 0 Å². The standard InChI is InChI=1S/C28H24ClNO5S/c1-33-26-15-13-23(36(31,32)22-9-4-3-5-10-22)17-25(26)30-18-20-12-14-27(28(16-20)34-2)35-19-21-8-6-7-11-24(21)29/h3-18H,19H2,1-2H3. The minimum absolute atomic E-state index is 0.127. The first-order valence-corrected chi connectivity index (χ1v) is 12.8. The van der Waals surface area contributed by atoms with Crippen LogP contribution in [0, 0.1) is 0 Å². The van der Waals surface area contributed by atoms with Crippen LogP contribution in [0.25, 0.3) is 0 Å². The molecular weight excluding hydrogens is 498 g/mol. The summed E-state index contributed by atoms with van der Waals surface area (Å²) < 4.78 is 42.9. The highest BCUT2D eigenvalue weighted by Crippen LogP contribution is 2.33. The number of methoxy groups -OCH3 is 2. The van der Waals surface area contributed by atoms with E-state index in [-0.39, 0.29) is 9.79 Å². The van der Waals surface area contributed by atoms with E-state index < -0.39 is 9.84 Å². The molecule has 0 heterocycles. The van der Waals surface area contributed by atoms with E-state index in [2.05, 4.69) is 4.99 Å². The summed E-state index contributed by atoms with van der Waals surface area (Å²) in [5.74, 6) is 1.53. The maximum absolute atomic E-state index is 13.0. The molecule has 36 heavy (non-hydrogen) atoms. The summed E-state index contributed by atoms with van der Waals surface area (Å²) >= 11 is 6.21. The molecule has 0 aliphatic heterocycles. The Labute approximate surface area is 215 Å². The van der Waals surface area contributed by atoms with Gasteiger partial charge in [0.2, 0.25) is 9.84 Å². The molecule has 0 fully saturated rings. The fraction of sp³-hybridized carbons (Fsp3) is 0.107. The average molecular weight is 522 g/mol. The van der Waals surface area contributed by atoms with Crippen molar-refractivity contribution in [1.82, 2.24) is 0 Å². The van der Waals surface area contributed by atoms with Gasteiger partial charge in [-0.1, -0.05) is 48.0 Å². The van der Waals surface area contributed by atoms with E-state index in [1.807, 2.05) is 30.3 Å². The van der Waals surface area contributed by atoms with Gasteiger partial charge in [0, 0.05) is 16.8 Å². The van der Waals surface area contributed by atoms with E-state index in [1.165, 1.54) is 19.2 Å². The molecule has 184 valence electrons. The molecule has 0 saturated heterocycles. The SMILES string of the molecule is COc1ccc(S(=O)(=O)c2ccccc2)cc1N=Cc1ccc(OCc2ccccc2Cl)c(OC)c1. The summed E-state index contributed by atoms with van der Waals surface area (Å²) in [6.45, 7) is 0.295. The molecule has 0 bridgehead atoms. The van der Waals surface area contributed by atoms with Gasteiger partial charge in [0.1, 0.15) is 18.0 Å². The molecule has 8 heteroatoms. The molecule has 0 radical (unpaired) electrons. The Hall–Kier alpha value is -3.81.